The van der Waals surface area contributed by atoms with Gasteiger partial charge in [-0.25, -0.2) is 0 Å². The number of hydrogen-bond donors (Lipinski definition) is 4. The molecule has 0 heterocycles. The molecule has 4 heteroatoms. The van der Waals surface area contributed by atoms with E-state index in [9.17, 15) is 20.4 Å². The molecular weight excluding hydrogens is 256 g/mol. The second-order valence-corrected chi connectivity index (χ2v) is 4.89. The molecule has 0 aliphatic carbocycles. The zero-order valence-electron chi connectivity index (χ0n) is 11.1. The normalized spacial score (nSPS) is 14.2. The molecule has 0 spiro atoms. The molecular formula is C16H18O4. The Morgan fingerprint density at radius 3 is 1.35 bits per heavy atom. The van der Waals surface area contributed by atoms with Gasteiger partial charge in [-0.2, -0.15) is 0 Å². The molecule has 0 radical (unpaired) electrons. The highest BCUT2D eigenvalue weighted by atomic mass is 16.3. The van der Waals surface area contributed by atoms with Gasteiger partial charge in [-0.3, -0.25) is 0 Å². The first-order valence-corrected chi connectivity index (χ1v) is 6.43. The van der Waals surface area contributed by atoms with E-state index in [1.807, 2.05) is 0 Å². The number of rotatable bonds is 4. The number of phenolic OH excluding ortho intramolecular Hbond substituents is 2. The van der Waals surface area contributed by atoms with Crippen LogP contribution in [0.4, 0.5) is 0 Å². The van der Waals surface area contributed by atoms with Crippen molar-refractivity contribution in [3.05, 3.63) is 59.7 Å². The van der Waals surface area contributed by atoms with Crippen molar-refractivity contribution in [3.63, 3.8) is 0 Å². The predicted molar refractivity (Wildman–Crippen MR) is 75.7 cm³/mol. The Balaban J connectivity index is 2.44. The Bertz CT molecular complexity index is 500. The maximum atomic E-state index is 10.3. The Labute approximate surface area is 117 Å². The van der Waals surface area contributed by atoms with Crippen LogP contribution >= 0.6 is 0 Å². The molecule has 4 N–H and O–H groups in total. The van der Waals surface area contributed by atoms with Gasteiger partial charge in [0.2, 0.25) is 0 Å². The van der Waals surface area contributed by atoms with E-state index in [0.717, 1.165) is 11.1 Å². The Morgan fingerprint density at radius 2 is 1.05 bits per heavy atom. The summed E-state index contributed by atoms with van der Waals surface area (Å²) in [7, 11) is 0. The van der Waals surface area contributed by atoms with Gasteiger partial charge < -0.3 is 20.4 Å². The van der Waals surface area contributed by atoms with Gasteiger partial charge in [-0.1, -0.05) is 24.3 Å². The average Bonchev–Trinajstić information content (AvgIpc) is 2.43. The van der Waals surface area contributed by atoms with Crippen LogP contribution in [0.2, 0.25) is 0 Å². The lowest BCUT2D eigenvalue weighted by Gasteiger charge is -2.26. The molecule has 106 valence electrons. The molecule has 0 saturated heterocycles. The fraction of sp³-hybridized carbons (Fsp3) is 0.250. The zero-order valence-corrected chi connectivity index (χ0v) is 11.1. The Morgan fingerprint density at radius 1 is 0.700 bits per heavy atom. The third kappa shape index (κ3) is 3.10. The topological polar surface area (TPSA) is 80.9 Å². The summed E-state index contributed by atoms with van der Waals surface area (Å²) in [6, 6.07) is 13.0. The maximum absolute atomic E-state index is 10.3. The van der Waals surface area contributed by atoms with E-state index in [1.165, 1.54) is 31.2 Å². The van der Waals surface area contributed by atoms with Crippen molar-refractivity contribution in [2.45, 2.75) is 25.0 Å². The van der Waals surface area contributed by atoms with E-state index >= 15 is 0 Å². The second kappa shape index (κ2) is 5.94. The van der Waals surface area contributed by atoms with Gasteiger partial charge in [0, 0.05) is 5.92 Å². The lowest BCUT2D eigenvalue weighted by molar-refractivity contribution is 0.0212. The summed E-state index contributed by atoms with van der Waals surface area (Å²) in [5, 5.41) is 38.6. The quantitative estimate of drug-likeness (QED) is 0.687. The van der Waals surface area contributed by atoms with Crippen molar-refractivity contribution in [1.29, 1.82) is 0 Å². The summed E-state index contributed by atoms with van der Waals surface area (Å²) >= 11 is 0. The standard InChI is InChI=1S/C16H18O4/c1-10(17)16(20)15(11-2-6-13(18)7-3-11)12-4-8-14(19)9-5-12/h2-10,15-20H,1H3. The van der Waals surface area contributed by atoms with Gasteiger partial charge in [0.05, 0.1) is 12.2 Å². The summed E-state index contributed by atoms with van der Waals surface area (Å²) in [5.41, 5.74) is 1.56. The fourth-order valence-electron chi connectivity index (χ4n) is 2.23. The SMILES string of the molecule is CC(O)C(O)C(c1ccc(O)cc1)c1ccc(O)cc1. The van der Waals surface area contributed by atoms with Crippen LogP contribution in [0.25, 0.3) is 0 Å². The molecule has 20 heavy (non-hydrogen) atoms. The highest BCUT2D eigenvalue weighted by Gasteiger charge is 2.26. The lowest BCUT2D eigenvalue weighted by atomic mass is 9.84. The second-order valence-electron chi connectivity index (χ2n) is 4.89. The minimum atomic E-state index is -0.982. The number of benzene rings is 2. The van der Waals surface area contributed by atoms with Crippen LogP contribution in [-0.2, 0) is 0 Å². The van der Waals surface area contributed by atoms with Gasteiger partial charge in [0.1, 0.15) is 11.5 Å². The molecule has 4 nitrogen and oxygen atoms in total. The first-order chi connectivity index (χ1) is 9.49. The van der Waals surface area contributed by atoms with Crippen molar-refractivity contribution in [1.82, 2.24) is 0 Å². The zero-order chi connectivity index (χ0) is 14.7. The number of aliphatic hydroxyl groups is 2. The smallest absolute Gasteiger partial charge is 0.115 e. The number of hydrogen-bond acceptors (Lipinski definition) is 4. The van der Waals surface area contributed by atoms with Crippen molar-refractivity contribution in [2.24, 2.45) is 0 Å². The number of phenols is 2. The molecule has 2 rings (SSSR count). The first-order valence-electron chi connectivity index (χ1n) is 6.43. The summed E-state index contributed by atoms with van der Waals surface area (Å²) in [6.07, 6.45) is -1.88. The van der Waals surface area contributed by atoms with Crippen LogP contribution in [0.3, 0.4) is 0 Å². The van der Waals surface area contributed by atoms with E-state index in [4.69, 9.17) is 0 Å². The van der Waals surface area contributed by atoms with Crippen LogP contribution in [-0.4, -0.2) is 32.6 Å². The van der Waals surface area contributed by atoms with E-state index in [-0.39, 0.29) is 11.5 Å². The van der Waals surface area contributed by atoms with E-state index < -0.39 is 18.1 Å². The minimum Gasteiger partial charge on any atom is -0.508 e. The number of aromatic hydroxyl groups is 2. The lowest BCUT2D eigenvalue weighted by Crippen LogP contribution is -2.30. The molecule has 0 aliphatic heterocycles. The van der Waals surface area contributed by atoms with E-state index in [1.54, 1.807) is 24.3 Å². The van der Waals surface area contributed by atoms with Crippen LogP contribution in [0.5, 0.6) is 11.5 Å². The van der Waals surface area contributed by atoms with Gasteiger partial charge in [-0.15, -0.1) is 0 Å². The molecule has 0 bridgehead atoms. The van der Waals surface area contributed by atoms with E-state index in [2.05, 4.69) is 0 Å². The molecule has 0 aromatic heterocycles. The van der Waals surface area contributed by atoms with Crippen molar-refractivity contribution in [2.75, 3.05) is 0 Å². The van der Waals surface area contributed by atoms with E-state index in [0.29, 0.717) is 0 Å². The third-order valence-electron chi connectivity index (χ3n) is 3.34. The highest BCUT2D eigenvalue weighted by molar-refractivity contribution is 5.38. The molecule has 2 atom stereocenters. The largest absolute Gasteiger partial charge is 0.508 e. The molecule has 2 unspecified atom stereocenters. The van der Waals surface area contributed by atoms with Gasteiger partial charge in [0.25, 0.3) is 0 Å². The van der Waals surface area contributed by atoms with Gasteiger partial charge in [0.15, 0.2) is 0 Å². The molecule has 2 aromatic rings. The summed E-state index contributed by atoms with van der Waals surface area (Å²) < 4.78 is 0. The number of aliphatic hydroxyl groups excluding tert-OH is 2. The Kier molecular flexibility index (Phi) is 4.27. The fourth-order valence-corrected chi connectivity index (χ4v) is 2.23. The maximum Gasteiger partial charge on any atom is 0.115 e. The van der Waals surface area contributed by atoms with Crippen LogP contribution in [0.15, 0.2) is 48.5 Å². The molecule has 0 aliphatic rings. The van der Waals surface area contributed by atoms with Gasteiger partial charge in [-0.05, 0) is 42.3 Å². The van der Waals surface area contributed by atoms with Gasteiger partial charge >= 0.3 is 0 Å². The van der Waals surface area contributed by atoms with Crippen molar-refractivity contribution in [3.8, 4) is 11.5 Å². The summed E-state index contributed by atoms with van der Waals surface area (Å²) in [5.74, 6) is -0.148. The summed E-state index contributed by atoms with van der Waals surface area (Å²) in [6.45, 7) is 1.53. The minimum absolute atomic E-state index is 0.143. The first kappa shape index (κ1) is 14.4. The van der Waals surface area contributed by atoms with Crippen LogP contribution in [0.1, 0.15) is 24.0 Å². The highest BCUT2D eigenvalue weighted by Crippen LogP contribution is 2.31. The summed E-state index contributed by atoms with van der Waals surface area (Å²) in [4.78, 5) is 0. The average molecular weight is 274 g/mol. The predicted octanol–water partition coefficient (Wildman–Crippen LogP) is 1.97. The van der Waals surface area contributed by atoms with Crippen molar-refractivity contribution >= 4 is 0 Å². The van der Waals surface area contributed by atoms with Crippen LogP contribution < -0.4 is 0 Å². The third-order valence-corrected chi connectivity index (χ3v) is 3.34. The Hall–Kier alpha value is -2.04. The van der Waals surface area contributed by atoms with Crippen molar-refractivity contribution < 1.29 is 20.4 Å². The molecule has 0 saturated carbocycles. The monoisotopic (exact) mass is 274 g/mol. The van der Waals surface area contributed by atoms with Crippen LogP contribution in [0, 0.1) is 0 Å². The molecule has 0 amide bonds. The molecule has 0 fully saturated rings. The molecule has 2 aromatic carbocycles.